The molecule has 4 bridgehead atoms. The minimum Gasteiger partial charge on any atom is -0.459 e. The molecule has 4 saturated carbocycles. The van der Waals surface area contributed by atoms with Crippen LogP contribution >= 0.6 is 0 Å². The van der Waals surface area contributed by atoms with Crippen molar-refractivity contribution in [1.29, 1.82) is 0 Å². The van der Waals surface area contributed by atoms with Crippen LogP contribution in [0.15, 0.2) is 0 Å². The second-order valence-corrected chi connectivity index (χ2v) is 6.89. The Bertz CT molecular complexity index is 375. The van der Waals surface area contributed by atoms with Gasteiger partial charge < -0.3 is 9.84 Å². The second kappa shape index (κ2) is 4.14. The summed E-state index contributed by atoms with van der Waals surface area (Å²) in [5.74, 6) is -2.69. The SMILES string of the molecule is CC(F)(F)COC(=O)C12CC3CC(C1)C(O)C(C3)C2. The lowest BCUT2D eigenvalue weighted by molar-refractivity contribution is -0.191. The van der Waals surface area contributed by atoms with Gasteiger partial charge in [-0.25, -0.2) is 8.78 Å². The molecule has 0 aliphatic heterocycles. The molecule has 0 saturated heterocycles. The molecule has 1 N–H and O–H groups in total. The lowest BCUT2D eigenvalue weighted by Gasteiger charge is -2.57. The molecular formula is C14H20F2O3. The zero-order valence-corrected chi connectivity index (χ0v) is 11.1. The monoisotopic (exact) mass is 274 g/mol. The molecule has 0 spiro atoms. The third kappa shape index (κ3) is 2.26. The standard InChI is InChI=1S/C14H20F2O3/c1-13(15,16)7-19-12(18)14-4-8-2-9(5-14)11(17)10(3-8)6-14/h8-11,17H,2-7H2,1H3. The van der Waals surface area contributed by atoms with Crippen LogP contribution in [0.25, 0.3) is 0 Å². The van der Waals surface area contributed by atoms with Crippen molar-refractivity contribution in [2.24, 2.45) is 23.2 Å². The molecule has 0 radical (unpaired) electrons. The van der Waals surface area contributed by atoms with Crippen LogP contribution in [0.5, 0.6) is 0 Å². The first-order valence-corrected chi connectivity index (χ1v) is 7.02. The molecule has 0 amide bonds. The number of hydrogen-bond acceptors (Lipinski definition) is 3. The highest BCUT2D eigenvalue weighted by atomic mass is 19.3. The fourth-order valence-corrected chi connectivity index (χ4v) is 4.59. The summed E-state index contributed by atoms with van der Waals surface area (Å²) in [6.45, 7) is -0.0835. The van der Waals surface area contributed by atoms with E-state index in [1.165, 1.54) is 0 Å². The quantitative estimate of drug-likeness (QED) is 0.804. The Morgan fingerprint density at radius 1 is 1.32 bits per heavy atom. The van der Waals surface area contributed by atoms with E-state index in [1.807, 2.05) is 0 Å². The number of aliphatic hydroxyl groups is 1. The second-order valence-electron chi connectivity index (χ2n) is 6.89. The first-order chi connectivity index (χ1) is 8.79. The molecule has 0 aromatic heterocycles. The van der Waals surface area contributed by atoms with Crippen LogP contribution in [0.1, 0.15) is 39.0 Å². The zero-order valence-electron chi connectivity index (χ0n) is 11.1. The van der Waals surface area contributed by atoms with Gasteiger partial charge in [0.1, 0.15) is 0 Å². The molecule has 4 aliphatic carbocycles. The number of hydrogen-bond donors (Lipinski definition) is 1. The van der Waals surface area contributed by atoms with Crippen LogP contribution in [0.2, 0.25) is 0 Å². The maximum atomic E-state index is 12.8. The van der Waals surface area contributed by atoms with E-state index >= 15 is 0 Å². The Balaban J connectivity index is 1.72. The Morgan fingerprint density at radius 2 is 1.89 bits per heavy atom. The number of aliphatic hydroxyl groups excluding tert-OH is 1. The number of carbonyl (C=O) groups is 1. The normalized spacial score (nSPS) is 44.4. The molecule has 4 aliphatic rings. The lowest BCUT2D eigenvalue weighted by atomic mass is 9.48. The smallest absolute Gasteiger partial charge is 0.312 e. The van der Waals surface area contributed by atoms with Crippen molar-refractivity contribution in [1.82, 2.24) is 0 Å². The van der Waals surface area contributed by atoms with Crippen molar-refractivity contribution >= 4 is 5.97 Å². The minimum absolute atomic E-state index is 0.154. The van der Waals surface area contributed by atoms with E-state index in [0.717, 1.165) is 26.2 Å². The minimum atomic E-state index is -2.97. The maximum Gasteiger partial charge on any atom is 0.312 e. The van der Waals surface area contributed by atoms with E-state index in [1.54, 1.807) is 0 Å². The zero-order chi connectivity index (χ0) is 13.8. The average molecular weight is 274 g/mol. The Kier molecular flexibility index (Phi) is 2.89. The van der Waals surface area contributed by atoms with E-state index < -0.39 is 23.9 Å². The molecule has 2 unspecified atom stereocenters. The molecule has 108 valence electrons. The molecule has 4 rings (SSSR count). The summed E-state index contributed by atoms with van der Waals surface area (Å²) in [7, 11) is 0. The summed E-state index contributed by atoms with van der Waals surface area (Å²) in [4.78, 5) is 12.2. The van der Waals surface area contributed by atoms with Gasteiger partial charge in [-0.1, -0.05) is 0 Å². The van der Waals surface area contributed by atoms with E-state index in [0.29, 0.717) is 18.8 Å². The summed E-state index contributed by atoms with van der Waals surface area (Å²) in [5, 5.41) is 10.1. The Morgan fingerprint density at radius 3 is 2.42 bits per heavy atom. The van der Waals surface area contributed by atoms with Crippen molar-refractivity contribution in [3.8, 4) is 0 Å². The van der Waals surface area contributed by atoms with Gasteiger partial charge in [-0.2, -0.15) is 0 Å². The third-order valence-corrected chi connectivity index (χ3v) is 5.11. The van der Waals surface area contributed by atoms with E-state index in [4.69, 9.17) is 4.74 Å². The fourth-order valence-electron chi connectivity index (χ4n) is 4.59. The highest BCUT2D eigenvalue weighted by molar-refractivity contribution is 5.77. The van der Waals surface area contributed by atoms with Crippen LogP contribution in [0, 0.1) is 23.2 Å². The van der Waals surface area contributed by atoms with E-state index in [9.17, 15) is 18.7 Å². The van der Waals surface area contributed by atoms with Gasteiger partial charge in [-0.15, -0.1) is 0 Å². The Hall–Kier alpha value is -0.710. The number of rotatable bonds is 3. The maximum absolute atomic E-state index is 12.8. The summed E-state index contributed by atoms with van der Waals surface area (Å²) >= 11 is 0. The van der Waals surface area contributed by atoms with Gasteiger partial charge in [0.2, 0.25) is 0 Å². The molecule has 4 fully saturated rings. The summed E-state index contributed by atoms with van der Waals surface area (Å²) in [5.41, 5.74) is -0.596. The van der Waals surface area contributed by atoms with Crippen LogP contribution in [0.3, 0.4) is 0 Å². The highest BCUT2D eigenvalue weighted by Crippen LogP contribution is 2.60. The first kappa shape index (κ1) is 13.3. The largest absolute Gasteiger partial charge is 0.459 e. The highest BCUT2D eigenvalue weighted by Gasteiger charge is 2.59. The summed E-state index contributed by atoms with van der Waals surface area (Å²) in [6, 6.07) is 0. The molecular weight excluding hydrogens is 254 g/mol. The van der Waals surface area contributed by atoms with Gasteiger partial charge in [0.05, 0.1) is 11.5 Å². The number of alkyl halides is 2. The van der Waals surface area contributed by atoms with Gasteiger partial charge >= 0.3 is 5.97 Å². The predicted molar refractivity (Wildman–Crippen MR) is 63.6 cm³/mol. The van der Waals surface area contributed by atoms with Gasteiger partial charge in [-0.3, -0.25) is 4.79 Å². The number of ether oxygens (including phenoxy) is 1. The topological polar surface area (TPSA) is 46.5 Å². The Labute approximate surface area is 111 Å². The van der Waals surface area contributed by atoms with Gasteiger partial charge in [0.15, 0.2) is 6.61 Å². The summed E-state index contributed by atoms with van der Waals surface area (Å²) < 4.78 is 30.5. The van der Waals surface area contributed by atoms with Crippen molar-refractivity contribution in [2.45, 2.75) is 51.1 Å². The van der Waals surface area contributed by atoms with Crippen molar-refractivity contribution in [2.75, 3.05) is 6.61 Å². The van der Waals surface area contributed by atoms with Crippen molar-refractivity contribution in [3.63, 3.8) is 0 Å². The first-order valence-electron chi connectivity index (χ1n) is 7.02. The van der Waals surface area contributed by atoms with Gasteiger partial charge in [-0.05, 0) is 49.9 Å². The fraction of sp³-hybridized carbons (Fsp3) is 0.929. The molecule has 2 atom stereocenters. The molecule has 0 aromatic carbocycles. The van der Waals surface area contributed by atoms with E-state index in [-0.39, 0.29) is 17.9 Å². The molecule has 0 heterocycles. The van der Waals surface area contributed by atoms with E-state index in [2.05, 4.69) is 0 Å². The van der Waals surface area contributed by atoms with Gasteiger partial charge in [0.25, 0.3) is 5.92 Å². The average Bonchev–Trinajstić information content (AvgIpc) is 2.30. The van der Waals surface area contributed by atoms with Crippen LogP contribution in [0.4, 0.5) is 8.78 Å². The lowest BCUT2D eigenvalue weighted by Crippen LogP contribution is -2.56. The van der Waals surface area contributed by atoms with Crippen molar-refractivity contribution in [3.05, 3.63) is 0 Å². The molecule has 3 nitrogen and oxygen atoms in total. The third-order valence-electron chi connectivity index (χ3n) is 5.11. The van der Waals surface area contributed by atoms with Crippen molar-refractivity contribution < 1.29 is 23.4 Å². The van der Waals surface area contributed by atoms with Crippen LogP contribution < -0.4 is 0 Å². The molecule has 5 heteroatoms. The van der Waals surface area contributed by atoms with Crippen LogP contribution in [-0.4, -0.2) is 29.7 Å². The van der Waals surface area contributed by atoms with Gasteiger partial charge in [0, 0.05) is 6.92 Å². The number of halogens is 2. The number of carbonyl (C=O) groups excluding carboxylic acids is 1. The predicted octanol–water partition coefficient (Wildman–Crippen LogP) is 2.37. The van der Waals surface area contributed by atoms with Crippen LogP contribution in [-0.2, 0) is 9.53 Å². The molecule has 19 heavy (non-hydrogen) atoms. The number of esters is 1. The molecule has 0 aromatic rings. The summed E-state index contributed by atoms with van der Waals surface area (Å²) in [6.07, 6.45) is 3.59.